The molecule has 0 aromatic heterocycles. The number of carbonyl (C=O) groups excluding carboxylic acids is 1. The Kier molecular flexibility index (Phi) is 5.92. The van der Waals surface area contributed by atoms with Crippen molar-refractivity contribution >= 4 is 17.5 Å². The fourth-order valence-electron chi connectivity index (χ4n) is 3.82. The van der Waals surface area contributed by atoms with Crippen molar-refractivity contribution in [3.63, 3.8) is 0 Å². The summed E-state index contributed by atoms with van der Waals surface area (Å²) in [6.07, 6.45) is 0.703. The maximum Gasteiger partial charge on any atom is 0.251 e. The van der Waals surface area contributed by atoms with E-state index in [0.29, 0.717) is 29.4 Å². The number of fused-ring (bicyclic) bond motifs is 1. The average Bonchev–Trinajstić information content (AvgIpc) is 2.73. The van der Waals surface area contributed by atoms with Gasteiger partial charge in [0, 0.05) is 28.1 Å². The van der Waals surface area contributed by atoms with Gasteiger partial charge in [-0.25, -0.2) is 0 Å². The summed E-state index contributed by atoms with van der Waals surface area (Å²) in [6.45, 7) is 6.50. The lowest BCUT2D eigenvalue weighted by Crippen LogP contribution is -2.41. The number of carbonyl (C=O) groups is 1. The number of ether oxygens (including phenoxy) is 2. The molecule has 0 saturated carbocycles. The molecule has 0 saturated heterocycles. The Morgan fingerprint density at radius 3 is 2.61 bits per heavy atom. The van der Waals surface area contributed by atoms with Crippen LogP contribution in [0.3, 0.4) is 0 Å². The van der Waals surface area contributed by atoms with E-state index in [-0.39, 0.29) is 17.6 Å². The van der Waals surface area contributed by atoms with Gasteiger partial charge in [0.15, 0.2) is 0 Å². The maximum atomic E-state index is 12.9. The molecule has 0 bridgehead atoms. The van der Waals surface area contributed by atoms with Gasteiger partial charge in [0.1, 0.15) is 23.7 Å². The van der Waals surface area contributed by atoms with E-state index in [2.05, 4.69) is 11.4 Å². The zero-order chi connectivity index (χ0) is 22.0. The molecule has 0 spiro atoms. The van der Waals surface area contributed by atoms with Crippen LogP contribution >= 0.6 is 11.6 Å². The van der Waals surface area contributed by atoms with Crippen LogP contribution in [-0.2, 0) is 6.61 Å². The van der Waals surface area contributed by atoms with E-state index in [1.165, 1.54) is 0 Å². The van der Waals surface area contributed by atoms with E-state index in [1.807, 2.05) is 57.2 Å². The second kappa shape index (κ2) is 8.64. The normalized spacial score (nSPS) is 16.7. The first-order valence-electron chi connectivity index (χ1n) is 10.4. The molecule has 4 rings (SSSR count). The van der Waals surface area contributed by atoms with Crippen LogP contribution in [0.15, 0.2) is 66.7 Å². The minimum Gasteiger partial charge on any atom is -0.489 e. The van der Waals surface area contributed by atoms with Crippen molar-refractivity contribution in [3.8, 4) is 11.5 Å². The molecule has 0 unspecified atom stereocenters. The van der Waals surface area contributed by atoms with E-state index in [4.69, 9.17) is 21.1 Å². The lowest BCUT2D eigenvalue weighted by Gasteiger charge is -2.38. The highest BCUT2D eigenvalue weighted by Crippen LogP contribution is 2.40. The number of rotatable bonds is 5. The second-order valence-electron chi connectivity index (χ2n) is 8.54. The van der Waals surface area contributed by atoms with E-state index in [1.54, 1.807) is 24.3 Å². The lowest BCUT2D eigenvalue weighted by molar-refractivity contribution is 0.0619. The Morgan fingerprint density at radius 1 is 1.13 bits per heavy atom. The van der Waals surface area contributed by atoms with Gasteiger partial charge < -0.3 is 14.8 Å². The zero-order valence-corrected chi connectivity index (χ0v) is 18.7. The van der Waals surface area contributed by atoms with Crippen molar-refractivity contribution in [1.82, 2.24) is 5.32 Å². The molecule has 0 fully saturated rings. The van der Waals surface area contributed by atoms with Crippen LogP contribution in [-0.4, -0.2) is 11.5 Å². The summed E-state index contributed by atoms with van der Waals surface area (Å²) in [5, 5.41) is 3.86. The Morgan fingerprint density at radius 2 is 1.87 bits per heavy atom. The standard InChI is InChI=1S/C26H26ClNO3/c1-17-8-13-24-21(14-17)23(15-26(2,3)31-24)28-25(29)18-9-11-20(12-10-18)30-16-19-6-4-5-7-22(19)27/h4-14,23H,15-16H2,1-3H3,(H,28,29)/t23-/m1/s1. The lowest BCUT2D eigenvalue weighted by atomic mass is 9.88. The van der Waals surface area contributed by atoms with Gasteiger partial charge in [0.05, 0.1) is 6.04 Å². The monoisotopic (exact) mass is 435 g/mol. The van der Waals surface area contributed by atoms with Gasteiger partial charge >= 0.3 is 0 Å². The quantitative estimate of drug-likeness (QED) is 0.514. The highest BCUT2D eigenvalue weighted by molar-refractivity contribution is 6.31. The van der Waals surface area contributed by atoms with Crippen LogP contribution in [0.5, 0.6) is 11.5 Å². The molecule has 5 heteroatoms. The first kappa shape index (κ1) is 21.3. The van der Waals surface area contributed by atoms with Crippen molar-refractivity contribution in [1.29, 1.82) is 0 Å². The number of aryl methyl sites for hydroxylation is 1. The van der Waals surface area contributed by atoms with Crippen molar-refractivity contribution in [2.75, 3.05) is 0 Å². The summed E-state index contributed by atoms with van der Waals surface area (Å²) in [4.78, 5) is 12.9. The number of benzene rings is 3. The summed E-state index contributed by atoms with van der Waals surface area (Å²) < 4.78 is 11.9. The van der Waals surface area contributed by atoms with Crippen LogP contribution in [0.2, 0.25) is 5.02 Å². The smallest absolute Gasteiger partial charge is 0.251 e. The Balaban J connectivity index is 1.44. The number of nitrogens with one attached hydrogen (secondary N) is 1. The molecule has 1 aliphatic rings. The number of hydrogen-bond donors (Lipinski definition) is 1. The summed E-state index contributed by atoms with van der Waals surface area (Å²) in [7, 11) is 0. The number of hydrogen-bond acceptors (Lipinski definition) is 3. The maximum absolute atomic E-state index is 12.9. The van der Waals surface area contributed by atoms with Gasteiger partial charge in [-0.2, -0.15) is 0 Å². The van der Waals surface area contributed by atoms with E-state index >= 15 is 0 Å². The zero-order valence-electron chi connectivity index (χ0n) is 17.9. The van der Waals surface area contributed by atoms with Crippen LogP contribution in [0, 0.1) is 6.92 Å². The molecule has 1 amide bonds. The van der Waals surface area contributed by atoms with Crippen molar-refractivity contribution in [3.05, 3.63) is 94.0 Å². The summed E-state index contributed by atoms with van der Waals surface area (Å²) in [6, 6.07) is 20.7. The van der Waals surface area contributed by atoms with Gasteiger partial charge in [0.2, 0.25) is 0 Å². The van der Waals surface area contributed by atoms with Gasteiger partial charge in [-0.1, -0.05) is 47.5 Å². The molecule has 160 valence electrons. The molecule has 3 aromatic rings. The molecule has 1 aliphatic heterocycles. The minimum absolute atomic E-state index is 0.109. The van der Waals surface area contributed by atoms with Crippen LogP contribution < -0.4 is 14.8 Å². The molecule has 3 aromatic carbocycles. The molecule has 1 atom stereocenters. The summed E-state index contributed by atoms with van der Waals surface area (Å²) in [5.74, 6) is 1.40. The Hall–Kier alpha value is -2.98. The Bertz CT molecular complexity index is 1090. The Labute approximate surface area is 188 Å². The summed E-state index contributed by atoms with van der Waals surface area (Å²) >= 11 is 6.17. The first-order chi connectivity index (χ1) is 14.8. The molecule has 1 heterocycles. The van der Waals surface area contributed by atoms with E-state index < -0.39 is 0 Å². The fraction of sp³-hybridized carbons (Fsp3) is 0.269. The topological polar surface area (TPSA) is 47.6 Å². The molecule has 31 heavy (non-hydrogen) atoms. The van der Waals surface area contributed by atoms with Crippen molar-refractivity contribution in [2.45, 2.75) is 45.4 Å². The van der Waals surface area contributed by atoms with Crippen molar-refractivity contribution in [2.24, 2.45) is 0 Å². The molecule has 4 nitrogen and oxygen atoms in total. The third kappa shape index (κ3) is 5.02. The van der Waals surface area contributed by atoms with Gasteiger partial charge in [-0.05, 0) is 57.2 Å². The summed E-state index contributed by atoms with van der Waals surface area (Å²) in [5.41, 5.74) is 3.32. The van der Waals surface area contributed by atoms with Gasteiger partial charge in [-0.3, -0.25) is 4.79 Å². The first-order valence-corrected chi connectivity index (χ1v) is 10.8. The van der Waals surface area contributed by atoms with Crippen molar-refractivity contribution < 1.29 is 14.3 Å². The molecule has 1 N–H and O–H groups in total. The molecular formula is C26H26ClNO3. The largest absolute Gasteiger partial charge is 0.489 e. The predicted molar refractivity (Wildman–Crippen MR) is 123 cm³/mol. The molecular weight excluding hydrogens is 410 g/mol. The number of amides is 1. The SMILES string of the molecule is Cc1ccc2c(c1)[C@H](NC(=O)c1ccc(OCc3ccccc3Cl)cc1)CC(C)(C)O2. The molecule has 0 aliphatic carbocycles. The number of halogens is 1. The third-order valence-electron chi connectivity index (χ3n) is 5.40. The van der Waals surface area contributed by atoms with Gasteiger partial charge in [-0.15, -0.1) is 0 Å². The predicted octanol–water partition coefficient (Wildman–Crippen LogP) is 6.26. The minimum atomic E-state index is -0.351. The second-order valence-corrected chi connectivity index (χ2v) is 8.94. The fourth-order valence-corrected chi connectivity index (χ4v) is 4.01. The van der Waals surface area contributed by atoms with E-state index in [0.717, 1.165) is 22.4 Å². The highest BCUT2D eigenvalue weighted by Gasteiger charge is 2.34. The van der Waals surface area contributed by atoms with Crippen LogP contribution in [0.25, 0.3) is 0 Å². The van der Waals surface area contributed by atoms with Crippen LogP contribution in [0.1, 0.15) is 53.4 Å². The third-order valence-corrected chi connectivity index (χ3v) is 5.77. The molecule has 0 radical (unpaired) electrons. The van der Waals surface area contributed by atoms with Crippen LogP contribution in [0.4, 0.5) is 0 Å². The van der Waals surface area contributed by atoms with Gasteiger partial charge in [0.25, 0.3) is 5.91 Å². The highest BCUT2D eigenvalue weighted by atomic mass is 35.5. The van der Waals surface area contributed by atoms with E-state index in [9.17, 15) is 4.79 Å². The average molecular weight is 436 g/mol.